The van der Waals surface area contributed by atoms with Gasteiger partial charge in [0, 0.05) is 13.0 Å². The molecule has 0 unspecified atom stereocenters. The molecule has 0 saturated carbocycles. The van der Waals surface area contributed by atoms with Gasteiger partial charge in [0.2, 0.25) is 6.29 Å². The minimum atomic E-state index is -1.84. The summed E-state index contributed by atoms with van der Waals surface area (Å²) in [6.45, 7) is 4.40. The van der Waals surface area contributed by atoms with E-state index in [1.165, 1.54) is 44.9 Å². The van der Waals surface area contributed by atoms with E-state index in [1.54, 1.807) is 0 Å². The molecule has 3 N–H and O–H groups in total. The Morgan fingerprint density at radius 1 is 0.963 bits per heavy atom. The topological polar surface area (TPSA) is 78.8 Å². The fraction of sp³-hybridized carbons (Fsp3) is 0.682. The molecule has 1 aromatic carbocycles. The molecule has 1 rings (SSSR count). The lowest BCUT2D eigenvalue weighted by atomic mass is 10.1. The van der Waals surface area contributed by atoms with Crippen molar-refractivity contribution in [2.24, 2.45) is 0 Å². The molecule has 0 aliphatic carbocycles. The van der Waals surface area contributed by atoms with E-state index in [2.05, 4.69) is 12.2 Å². The number of aliphatic hydroxyl groups is 2. The number of hydrogen-bond acceptors (Lipinski definition) is 5. The first-order valence-electron chi connectivity index (χ1n) is 10.4. The molecule has 0 saturated heterocycles. The zero-order valence-electron chi connectivity index (χ0n) is 16.8. The number of benzene rings is 1. The van der Waals surface area contributed by atoms with Gasteiger partial charge in [-0.1, -0.05) is 64.0 Å². The molecule has 0 aliphatic heterocycles. The minimum absolute atomic E-state index is 0.177. The van der Waals surface area contributed by atoms with Crippen LogP contribution < -0.4 is 10.1 Å². The Morgan fingerprint density at radius 3 is 2.22 bits per heavy atom. The zero-order chi connectivity index (χ0) is 19.7. The SMILES string of the molecule is CCCCCCCCCCOc1ccc(CNCCCC(=O)C(O)O)cc1. The minimum Gasteiger partial charge on any atom is -0.494 e. The van der Waals surface area contributed by atoms with E-state index in [4.69, 9.17) is 14.9 Å². The quantitative estimate of drug-likeness (QED) is 0.282. The molecular weight excluding hydrogens is 342 g/mol. The van der Waals surface area contributed by atoms with Crippen LogP contribution in [0.5, 0.6) is 5.75 Å². The Labute approximate surface area is 164 Å². The second-order valence-electron chi connectivity index (χ2n) is 7.09. The zero-order valence-corrected chi connectivity index (χ0v) is 16.8. The van der Waals surface area contributed by atoms with Crippen LogP contribution in [-0.2, 0) is 11.3 Å². The van der Waals surface area contributed by atoms with Crippen molar-refractivity contribution < 1.29 is 19.7 Å². The molecule has 0 amide bonds. The fourth-order valence-electron chi connectivity index (χ4n) is 2.88. The Hall–Kier alpha value is -1.43. The third-order valence-corrected chi connectivity index (χ3v) is 4.58. The number of ether oxygens (including phenoxy) is 1. The van der Waals surface area contributed by atoms with Crippen LogP contribution in [0.25, 0.3) is 0 Å². The second kappa shape index (κ2) is 15.6. The lowest BCUT2D eigenvalue weighted by Crippen LogP contribution is -2.21. The predicted molar refractivity (Wildman–Crippen MR) is 109 cm³/mol. The van der Waals surface area contributed by atoms with Crippen molar-refractivity contribution in [3.63, 3.8) is 0 Å². The average Bonchev–Trinajstić information content (AvgIpc) is 2.67. The number of Topliss-reactive ketones (excluding diaryl/α,β-unsaturated/α-hetero) is 1. The van der Waals surface area contributed by atoms with Gasteiger partial charge in [0.15, 0.2) is 5.78 Å². The van der Waals surface area contributed by atoms with Gasteiger partial charge in [0.05, 0.1) is 6.61 Å². The highest BCUT2D eigenvalue weighted by Gasteiger charge is 2.09. The maximum absolute atomic E-state index is 11.1. The first kappa shape index (κ1) is 23.6. The second-order valence-corrected chi connectivity index (χ2v) is 7.09. The highest BCUT2D eigenvalue weighted by atomic mass is 16.5. The van der Waals surface area contributed by atoms with Crippen molar-refractivity contribution in [1.29, 1.82) is 0 Å². The van der Waals surface area contributed by atoms with Gasteiger partial charge in [0.1, 0.15) is 5.75 Å². The highest BCUT2D eigenvalue weighted by molar-refractivity contribution is 5.81. The van der Waals surface area contributed by atoms with Crippen LogP contribution in [-0.4, -0.2) is 35.4 Å². The average molecular weight is 380 g/mol. The molecule has 5 nitrogen and oxygen atoms in total. The van der Waals surface area contributed by atoms with Gasteiger partial charge in [-0.3, -0.25) is 4.79 Å². The predicted octanol–water partition coefficient (Wildman–Crippen LogP) is 3.96. The molecule has 1 aromatic rings. The molecule has 27 heavy (non-hydrogen) atoms. The molecule has 0 aliphatic rings. The largest absolute Gasteiger partial charge is 0.494 e. The highest BCUT2D eigenvalue weighted by Crippen LogP contribution is 2.14. The molecule has 5 heteroatoms. The summed E-state index contributed by atoms with van der Waals surface area (Å²) in [5.41, 5.74) is 1.16. The van der Waals surface area contributed by atoms with E-state index in [0.717, 1.165) is 24.3 Å². The molecular formula is C22H37NO4. The molecule has 0 radical (unpaired) electrons. The first-order valence-corrected chi connectivity index (χ1v) is 10.4. The normalized spacial score (nSPS) is 11.1. The Balaban J connectivity index is 2.03. The molecule has 0 bridgehead atoms. The van der Waals surface area contributed by atoms with Crippen molar-refractivity contribution in [2.75, 3.05) is 13.2 Å². The van der Waals surface area contributed by atoms with Gasteiger partial charge < -0.3 is 20.3 Å². The molecule has 0 aromatic heterocycles. The summed E-state index contributed by atoms with van der Waals surface area (Å²) in [6, 6.07) is 8.07. The van der Waals surface area contributed by atoms with Gasteiger partial charge in [0.25, 0.3) is 0 Å². The van der Waals surface area contributed by atoms with Gasteiger partial charge in [-0.25, -0.2) is 0 Å². The summed E-state index contributed by atoms with van der Waals surface area (Å²) in [6.07, 6.45) is 9.33. The van der Waals surface area contributed by atoms with Gasteiger partial charge in [-0.2, -0.15) is 0 Å². The maximum Gasteiger partial charge on any atom is 0.212 e. The number of unbranched alkanes of at least 4 members (excludes halogenated alkanes) is 7. The molecule has 0 heterocycles. The Kier molecular flexibility index (Phi) is 13.7. The van der Waals surface area contributed by atoms with Crippen molar-refractivity contribution >= 4 is 5.78 Å². The van der Waals surface area contributed by atoms with Crippen LogP contribution in [0.2, 0.25) is 0 Å². The van der Waals surface area contributed by atoms with Gasteiger partial charge >= 0.3 is 0 Å². The Bertz CT molecular complexity index is 488. The molecule has 0 atom stereocenters. The number of aliphatic hydroxyl groups excluding tert-OH is 1. The molecule has 0 fully saturated rings. The van der Waals surface area contributed by atoms with E-state index in [9.17, 15) is 4.79 Å². The summed E-state index contributed by atoms with van der Waals surface area (Å²) in [5.74, 6) is 0.374. The standard InChI is InChI=1S/C22H37NO4/c1-2-3-4-5-6-7-8-9-17-27-20-14-12-19(13-15-20)18-23-16-10-11-21(24)22(25)26/h12-15,22-23,25-26H,2-11,16-18H2,1H3. The summed E-state index contributed by atoms with van der Waals surface area (Å²) >= 11 is 0. The smallest absolute Gasteiger partial charge is 0.212 e. The van der Waals surface area contributed by atoms with Crippen molar-refractivity contribution in [3.8, 4) is 5.75 Å². The van der Waals surface area contributed by atoms with Crippen molar-refractivity contribution in [3.05, 3.63) is 29.8 Å². The van der Waals surface area contributed by atoms with E-state index < -0.39 is 12.1 Å². The summed E-state index contributed by atoms with van der Waals surface area (Å²) < 4.78 is 5.79. The number of ketones is 1. The van der Waals surface area contributed by atoms with Crippen LogP contribution in [0, 0.1) is 0 Å². The van der Waals surface area contributed by atoms with Crippen LogP contribution in [0.1, 0.15) is 76.7 Å². The van der Waals surface area contributed by atoms with Gasteiger partial charge in [-0.05, 0) is 37.1 Å². The van der Waals surface area contributed by atoms with E-state index in [0.29, 0.717) is 19.5 Å². The number of nitrogens with one attached hydrogen (secondary N) is 1. The first-order chi connectivity index (χ1) is 13.1. The van der Waals surface area contributed by atoms with Crippen molar-refractivity contribution in [2.45, 2.75) is 84.0 Å². The number of carbonyl (C=O) groups excluding carboxylic acids is 1. The molecule has 154 valence electrons. The third-order valence-electron chi connectivity index (χ3n) is 4.58. The third kappa shape index (κ3) is 12.6. The summed E-state index contributed by atoms with van der Waals surface area (Å²) in [4.78, 5) is 11.1. The van der Waals surface area contributed by atoms with Crippen LogP contribution in [0.3, 0.4) is 0 Å². The van der Waals surface area contributed by atoms with E-state index >= 15 is 0 Å². The monoisotopic (exact) mass is 379 g/mol. The number of rotatable bonds is 17. The fourth-order valence-corrected chi connectivity index (χ4v) is 2.88. The number of carbonyl (C=O) groups is 1. The maximum atomic E-state index is 11.1. The van der Waals surface area contributed by atoms with Crippen molar-refractivity contribution in [1.82, 2.24) is 5.32 Å². The number of hydrogen-bond donors (Lipinski definition) is 3. The van der Waals surface area contributed by atoms with Crippen LogP contribution in [0.15, 0.2) is 24.3 Å². The molecule has 0 spiro atoms. The lowest BCUT2D eigenvalue weighted by molar-refractivity contribution is -0.145. The lowest BCUT2D eigenvalue weighted by Gasteiger charge is -2.08. The van der Waals surface area contributed by atoms with E-state index in [-0.39, 0.29) is 6.42 Å². The van der Waals surface area contributed by atoms with Gasteiger partial charge in [-0.15, -0.1) is 0 Å². The Morgan fingerprint density at radius 2 is 1.59 bits per heavy atom. The summed E-state index contributed by atoms with van der Waals surface area (Å²) in [5, 5.41) is 20.6. The van der Waals surface area contributed by atoms with Crippen LogP contribution >= 0.6 is 0 Å². The van der Waals surface area contributed by atoms with Crippen LogP contribution in [0.4, 0.5) is 0 Å². The summed E-state index contributed by atoms with van der Waals surface area (Å²) in [7, 11) is 0. The van der Waals surface area contributed by atoms with E-state index in [1.807, 2.05) is 24.3 Å².